The number of esters is 1. The number of nitrogens with zero attached hydrogens (tertiary/aromatic N) is 3. The number of rotatable bonds is 19. The lowest BCUT2D eigenvalue weighted by Crippen LogP contribution is -2.14. The summed E-state index contributed by atoms with van der Waals surface area (Å²) in [5, 5.41) is 11.4. The number of fused-ring (bicyclic) bond motifs is 1. The number of halogens is 1. The molecule has 0 aliphatic rings. The van der Waals surface area contributed by atoms with E-state index in [0.717, 1.165) is 49.8 Å². The maximum Gasteiger partial charge on any atom is 0.306 e. The smallest absolute Gasteiger partial charge is 0.306 e. The highest BCUT2D eigenvalue weighted by Crippen LogP contribution is 2.33. The Bertz CT molecular complexity index is 1190. The maximum atomic E-state index is 12.3. The van der Waals surface area contributed by atoms with Crippen molar-refractivity contribution in [2.45, 2.75) is 117 Å². The Balaban J connectivity index is 1.41. The molecule has 1 atom stereocenters. The largest absolute Gasteiger partial charge is 0.466 e. The van der Waals surface area contributed by atoms with Crippen LogP contribution in [0.2, 0.25) is 5.02 Å². The van der Waals surface area contributed by atoms with Crippen molar-refractivity contribution in [3.8, 4) is 11.4 Å². The number of hydrogen-bond donors (Lipinski definition) is 2. The van der Waals surface area contributed by atoms with Crippen LogP contribution in [0.15, 0.2) is 24.3 Å². The number of benzene rings is 1. The lowest BCUT2D eigenvalue weighted by atomic mass is 9.96. The summed E-state index contributed by atoms with van der Waals surface area (Å²) in [6, 6.07) is 7.31. The molecule has 1 unspecified atom stereocenters. The first-order valence-corrected chi connectivity index (χ1v) is 15.5. The van der Waals surface area contributed by atoms with Crippen LogP contribution < -0.4 is 5.32 Å². The van der Waals surface area contributed by atoms with Crippen molar-refractivity contribution in [2.24, 2.45) is 0 Å². The van der Waals surface area contributed by atoms with Crippen molar-refractivity contribution < 1.29 is 14.3 Å². The molecule has 3 rings (SSSR count). The number of anilines is 1. The van der Waals surface area contributed by atoms with Gasteiger partial charge in [-0.15, -0.1) is 5.10 Å². The summed E-state index contributed by atoms with van der Waals surface area (Å²) >= 11 is 6.68. The van der Waals surface area contributed by atoms with E-state index in [2.05, 4.69) is 41.3 Å². The van der Waals surface area contributed by atoms with Gasteiger partial charge < -0.3 is 10.1 Å². The minimum atomic E-state index is -0.326. The SMILES string of the molecule is CCCCCCCCCCOC(=O)CCC(=O)Nc1ccc(-c2nc3c(Cl)c(C(CC)CCCC)[nH]n3n2)cc1. The fourth-order valence-electron chi connectivity index (χ4n) is 4.85. The van der Waals surface area contributed by atoms with Crippen molar-refractivity contribution >= 4 is 34.8 Å². The zero-order chi connectivity index (χ0) is 28.7. The second-order valence-electron chi connectivity index (χ2n) is 10.6. The summed E-state index contributed by atoms with van der Waals surface area (Å²) in [4.78, 5) is 28.9. The van der Waals surface area contributed by atoms with Gasteiger partial charge in [0.25, 0.3) is 0 Å². The van der Waals surface area contributed by atoms with E-state index in [1.807, 2.05) is 12.1 Å². The van der Waals surface area contributed by atoms with Gasteiger partial charge in [-0.1, -0.05) is 90.2 Å². The van der Waals surface area contributed by atoms with Gasteiger partial charge in [0.1, 0.15) is 5.02 Å². The molecule has 0 fully saturated rings. The fraction of sp³-hybridized carbons (Fsp3) is 0.613. The number of carbonyl (C=O) groups is 2. The van der Waals surface area contributed by atoms with Crippen LogP contribution in [-0.4, -0.2) is 38.3 Å². The number of hydrogen-bond acceptors (Lipinski definition) is 5. The standard InChI is InChI=1S/C31H46ClN5O3/c1-4-7-9-10-11-12-13-14-22-40-27(39)21-20-26(38)33-25-18-16-24(17-19-25)30-34-31-28(32)29(35-37(31)36-30)23(6-3)15-8-5-2/h16-19,23,35H,4-15,20-22H2,1-3H3,(H,33,38). The normalized spacial score (nSPS) is 12.1. The Hall–Kier alpha value is -2.87. The Labute approximate surface area is 243 Å². The molecule has 0 aliphatic carbocycles. The molecule has 220 valence electrons. The number of nitrogens with one attached hydrogen (secondary N) is 2. The van der Waals surface area contributed by atoms with E-state index in [4.69, 9.17) is 16.3 Å². The van der Waals surface area contributed by atoms with Gasteiger partial charge >= 0.3 is 5.97 Å². The Morgan fingerprint density at radius 1 is 0.950 bits per heavy atom. The highest BCUT2D eigenvalue weighted by molar-refractivity contribution is 6.34. The van der Waals surface area contributed by atoms with Crippen LogP contribution in [-0.2, 0) is 14.3 Å². The molecule has 3 aromatic rings. The topological polar surface area (TPSA) is 101 Å². The lowest BCUT2D eigenvalue weighted by molar-refractivity contribution is -0.144. The van der Waals surface area contributed by atoms with Crippen LogP contribution in [0.4, 0.5) is 5.69 Å². The number of amides is 1. The average molecular weight is 572 g/mol. The second-order valence-corrected chi connectivity index (χ2v) is 11.0. The Morgan fingerprint density at radius 3 is 2.27 bits per heavy atom. The number of carbonyl (C=O) groups excluding carboxylic acids is 2. The molecular formula is C31H46ClN5O3. The van der Waals surface area contributed by atoms with Gasteiger partial charge in [0.2, 0.25) is 5.91 Å². The molecule has 0 spiro atoms. The van der Waals surface area contributed by atoms with Gasteiger partial charge in [-0.3, -0.25) is 14.7 Å². The minimum Gasteiger partial charge on any atom is -0.466 e. The molecule has 0 radical (unpaired) electrons. The molecule has 40 heavy (non-hydrogen) atoms. The summed E-state index contributed by atoms with van der Waals surface area (Å²) in [7, 11) is 0. The van der Waals surface area contributed by atoms with Crippen LogP contribution in [0.5, 0.6) is 0 Å². The molecule has 1 amide bonds. The fourth-order valence-corrected chi connectivity index (χ4v) is 5.17. The van der Waals surface area contributed by atoms with Crippen LogP contribution in [0, 0.1) is 0 Å². The number of H-pyrrole nitrogens is 1. The Kier molecular flexibility index (Phi) is 13.5. The summed E-state index contributed by atoms with van der Waals surface area (Å²) in [6.45, 7) is 7.01. The Morgan fingerprint density at radius 2 is 1.62 bits per heavy atom. The third-order valence-corrected chi connectivity index (χ3v) is 7.69. The molecule has 2 heterocycles. The highest BCUT2D eigenvalue weighted by atomic mass is 35.5. The third-order valence-electron chi connectivity index (χ3n) is 7.32. The summed E-state index contributed by atoms with van der Waals surface area (Å²) < 4.78 is 6.92. The highest BCUT2D eigenvalue weighted by Gasteiger charge is 2.21. The summed E-state index contributed by atoms with van der Waals surface area (Å²) in [6.07, 6.45) is 14.1. The monoisotopic (exact) mass is 571 g/mol. The van der Waals surface area contributed by atoms with Gasteiger partial charge in [-0.05, 0) is 43.5 Å². The number of aromatic amines is 1. The molecule has 9 heteroatoms. The van der Waals surface area contributed by atoms with Gasteiger partial charge in [0, 0.05) is 23.6 Å². The molecule has 0 aliphatic heterocycles. The van der Waals surface area contributed by atoms with Gasteiger partial charge in [0.15, 0.2) is 11.5 Å². The van der Waals surface area contributed by atoms with E-state index in [9.17, 15) is 9.59 Å². The van der Waals surface area contributed by atoms with Crippen molar-refractivity contribution in [3.05, 3.63) is 35.0 Å². The van der Waals surface area contributed by atoms with Crippen LogP contribution >= 0.6 is 11.6 Å². The molecule has 0 saturated carbocycles. The number of ether oxygens (including phenoxy) is 1. The second kappa shape index (κ2) is 17.1. The molecular weight excluding hydrogens is 526 g/mol. The zero-order valence-electron chi connectivity index (χ0n) is 24.4. The number of unbranched alkanes of at least 4 members (excludes halogenated alkanes) is 8. The van der Waals surface area contributed by atoms with E-state index in [-0.39, 0.29) is 24.7 Å². The van der Waals surface area contributed by atoms with Crippen LogP contribution in [0.1, 0.15) is 122 Å². The molecule has 1 aromatic carbocycles. The van der Waals surface area contributed by atoms with E-state index in [0.29, 0.717) is 34.7 Å². The van der Waals surface area contributed by atoms with Crippen molar-refractivity contribution in [1.82, 2.24) is 19.8 Å². The lowest BCUT2D eigenvalue weighted by Gasteiger charge is -2.12. The van der Waals surface area contributed by atoms with Crippen molar-refractivity contribution in [1.29, 1.82) is 0 Å². The molecule has 0 bridgehead atoms. The summed E-state index contributed by atoms with van der Waals surface area (Å²) in [5.74, 6) is 0.364. The van der Waals surface area contributed by atoms with Crippen LogP contribution in [0.3, 0.4) is 0 Å². The van der Waals surface area contributed by atoms with E-state index < -0.39 is 0 Å². The first-order chi connectivity index (χ1) is 19.5. The van der Waals surface area contributed by atoms with Gasteiger partial charge in [-0.25, -0.2) is 4.98 Å². The van der Waals surface area contributed by atoms with Crippen LogP contribution in [0.25, 0.3) is 17.0 Å². The molecule has 2 N–H and O–H groups in total. The van der Waals surface area contributed by atoms with E-state index in [1.165, 1.54) is 38.5 Å². The molecule has 2 aromatic heterocycles. The molecule has 0 saturated heterocycles. The van der Waals surface area contributed by atoms with E-state index in [1.54, 1.807) is 16.8 Å². The minimum absolute atomic E-state index is 0.0751. The predicted octanol–water partition coefficient (Wildman–Crippen LogP) is 8.46. The van der Waals surface area contributed by atoms with Gasteiger partial charge in [0.05, 0.1) is 18.7 Å². The van der Waals surface area contributed by atoms with Gasteiger partial charge in [-0.2, -0.15) is 4.63 Å². The first-order valence-electron chi connectivity index (χ1n) is 15.2. The zero-order valence-corrected chi connectivity index (χ0v) is 25.2. The maximum absolute atomic E-state index is 12.3. The quantitative estimate of drug-likeness (QED) is 0.111. The van der Waals surface area contributed by atoms with Crippen molar-refractivity contribution in [3.63, 3.8) is 0 Å². The average Bonchev–Trinajstić information content (AvgIpc) is 3.51. The number of aromatic nitrogens is 4. The third kappa shape index (κ3) is 9.65. The summed E-state index contributed by atoms with van der Waals surface area (Å²) in [5.41, 5.74) is 3.07. The van der Waals surface area contributed by atoms with Crippen molar-refractivity contribution in [2.75, 3.05) is 11.9 Å². The first kappa shape index (κ1) is 31.7. The van der Waals surface area contributed by atoms with E-state index >= 15 is 0 Å². The molecule has 8 nitrogen and oxygen atoms in total. The predicted molar refractivity (Wildman–Crippen MR) is 162 cm³/mol.